The maximum atomic E-state index is 12.1. The third kappa shape index (κ3) is 4.67. The Kier molecular flexibility index (Phi) is 5.63. The van der Waals surface area contributed by atoms with Crippen molar-refractivity contribution in [1.29, 1.82) is 0 Å². The molecule has 0 aliphatic heterocycles. The molecule has 1 saturated carbocycles. The zero-order valence-corrected chi connectivity index (χ0v) is 14.4. The van der Waals surface area contributed by atoms with Gasteiger partial charge in [0.2, 0.25) is 17.7 Å². The first-order valence-corrected chi connectivity index (χ1v) is 9.00. The minimum absolute atomic E-state index is 0.0939. The minimum atomic E-state index is 0.0939. The van der Waals surface area contributed by atoms with Crippen molar-refractivity contribution in [3.8, 4) is 11.8 Å². The van der Waals surface area contributed by atoms with Gasteiger partial charge in [0.05, 0.1) is 25.9 Å². The molecule has 0 spiro atoms. The molecule has 0 bridgehead atoms. The summed E-state index contributed by atoms with van der Waals surface area (Å²) in [5.41, 5.74) is 1.08. The van der Waals surface area contributed by atoms with E-state index < -0.39 is 0 Å². The van der Waals surface area contributed by atoms with Crippen LogP contribution in [0.25, 0.3) is 0 Å². The number of carbonyl (C=O) groups excluding carboxylic acids is 1. The van der Waals surface area contributed by atoms with E-state index in [1.807, 2.05) is 16.8 Å². The number of nitrogens with zero attached hydrogens (tertiary/aromatic N) is 2. The predicted molar refractivity (Wildman–Crippen MR) is 91.4 cm³/mol. The average molecular weight is 347 g/mol. The number of methoxy groups -OCH3 is 1. The van der Waals surface area contributed by atoms with Crippen LogP contribution in [0.4, 0.5) is 0 Å². The number of hydrogen-bond acceptors (Lipinski definition) is 6. The molecule has 0 aromatic carbocycles. The van der Waals surface area contributed by atoms with Gasteiger partial charge in [-0.25, -0.2) is 0 Å². The Morgan fingerprint density at radius 2 is 2.08 bits per heavy atom. The number of hydrogen-bond donors (Lipinski definition) is 1. The number of carbonyl (C=O) groups is 1. The van der Waals surface area contributed by atoms with Crippen LogP contribution in [-0.4, -0.2) is 35.1 Å². The maximum absolute atomic E-state index is 12.1. The number of rotatable bonds is 6. The van der Waals surface area contributed by atoms with Gasteiger partial charge in [-0.3, -0.25) is 9.78 Å². The van der Waals surface area contributed by atoms with Gasteiger partial charge in [-0.2, -0.15) is 16.3 Å². The van der Waals surface area contributed by atoms with Gasteiger partial charge in [-0.15, -0.1) is 0 Å². The van der Waals surface area contributed by atoms with E-state index >= 15 is 0 Å². The molecular weight excluding hydrogens is 326 g/mol. The molecule has 2 aromatic heterocycles. The summed E-state index contributed by atoms with van der Waals surface area (Å²) in [4.78, 5) is 20.3. The van der Waals surface area contributed by atoms with Crippen LogP contribution in [0.15, 0.2) is 29.2 Å². The SMILES string of the molecule is COc1cncc(OC2CCC(NC(=O)Cc3ccsc3)CC2)n1. The fourth-order valence-electron chi connectivity index (χ4n) is 2.84. The Hall–Kier alpha value is -2.15. The largest absolute Gasteiger partial charge is 0.480 e. The highest BCUT2D eigenvalue weighted by Gasteiger charge is 2.24. The molecule has 0 atom stereocenters. The first kappa shape index (κ1) is 16.7. The van der Waals surface area contributed by atoms with Crippen molar-refractivity contribution in [3.63, 3.8) is 0 Å². The summed E-state index contributed by atoms with van der Waals surface area (Å²) in [6.07, 6.45) is 7.32. The van der Waals surface area contributed by atoms with Gasteiger partial charge in [-0.1, -0.05) is 0 Å². The highest BCUT2D eigenvalue weighted by atomic mass is 32.1. The van der Waals surface area contributed by atoms with Crippen LogP contribution in [0, 0.1) is 0 Å². The summed E-state index contributed by atoms with van der Waals surface area (Å²) in [6, 6.07) is 2.22. The van der Waals surface area contributed by atoms with Crippen LogP contribution in [-0.2, 0) is 11.2 Å². The van der Waals surface area contributed by atoms with Crippen LogP contribution in [0.1, 0.15) is 31.2 Å². The topological polar surface area (TPSA) is 73.3 Å². The molecule has 2 aromatic rings. The van der Waals surface area contributed by atoms with Crippen molar-refractivity contribution >= 4 is 17.2 Å². The highest BCUT2D eigenvalue weighted by Crippen LogP contribution is 2.23. The predicted octanol–water partition coefficient (Wildman–Crippen LogP) is 2.60. The molecule has 3 rings (SSSR count). The average Bonchev–Trinajstić information content (AvgIpc) is 3.09. The third-order valence-electron chi connectivity index (χ3n) is 4.07. The van der Waals surface area contributed by atoms with Crippen LogP contribution in [0.2, 0.25) is 0 Å². The quantitative estimate of drug-likeness (QED) is 0.869. The van der Waals surface area contributed by atoms with E-state index in [2.05, 4.69) is 15.3 Å². The molecule has 1 aliphatic rings. The highest BCUT2D eigenvalue weighted by molar-refractivity contribution is 7.07. The summed E-state index contributed by atoms with van der Waals surface area (Å²) < 4.78 is 10.9. The van der Waals surface area contributed by atoms with E-state index in [9.17, 15) is 4.79 Å². The van der Waals surface area contributed by atoms with Crippen molar-refractivity contribution in [2.75, 3.05) is 7.11 Å². The normalized spacial score (nSPS) is 20.4. The van der Waals surface area contributed by atoms with Gasteiger partial charge < -0.3 is 14.8 Å². The lowest BCUT2D eigenvalue weighted by atomic mass is 9.93. The van der Waals surface area contributed by atoms with Gasteiger partial charge in [0.1, 0.15) is 6.10 Å². The molecule has 1 fully saturated rings. The van der Waals surface area contributed by atoms with Crippen molar-refractivity contribution in [1.82, 2.24) is 15.3 Å². The fraction of sp³-hybridized carbons (Fsp3) is 0.471. The fourth-order valence-corrected chi connectivity index (χ4v) is 3.51. The Morgan fingerprint density at radius 1 is 1.29 bits per heavy atom. The Balaban J connectivity index is 1.42. The summed E-state index contributed by atoms with van der Waals surface area (Å²) in [7, 11) is 1.55. The monoisotopic (exact) mass is 347 g/mol. The molecule has 6 nitrogen and oxygen atoms in total. The van der Waals surface area contributed by atoms with Crippen LogP contribution in [0.5, 0.6) is 11.8 Å². The number of aromatic nitrogens is 2. The molecule has 1 aliphatic carbocycles. The van der Waals surface area contributed by atoms with Gasteiger partial charge in [0.25, 0.3) is 0 Å². The molecule has 0 radical (unpaired) electrons. The molecule has 7 heteroatoms. The van der Waals surface area contributed by atoms with Crippen molar-refractivity contribution in [3.05, 3.63) is 34.8 Å². The standard InChI is InChI=1S/C17H21N3O3S/c1-22-16-9-18-10-17(20-16)23-14-4-2-13(3-5-14)19-15(21)8-12-6-7-24-11-12/h6-7,9-11,13-14H,2-5,8H2,1H3,(H,19,21). The third-order valence-corrected chi connectivity index (χ3v) is 4.80. The molecule has 1 N–H and O–H groups in total. The first-order chi connectivity index (χ1) is 11.7. The zero-order valence-electron chi connectivity index (χ0n) is 13.6. The molecule has 24 heavy (non-hydrogen) atoms. The van der Waals surface area contributed by atoms with Gasteiger partial charge >= 0.3 is 0 Å². The summed E-state index contributed by atoms with van der Waals surface area (Å²) in [6.45, 7) is 0. The molecule has 128 valence electrons. The minimum Gasteiger partial charge on any atom is -0.480 e. The number of ether oxygens (including phenoxy) is 2. The lowest BCUT2D eigenvalue weighted by Crippen LogP contribution is -2.40. The van der Waals surface area contributed by atoms with E-state index in [0.717, 1.165) is 31.2 Å². The van der Waals surface area contributed by atoms with Crippen LogP contribution in [0.3, 0.4) is 0 Å². The Labute approximate surface area is 145 Å². The lowest BCUT2D eigenvalue weighted by Gasteiger charge is -2.29. The van der Waals surface area contributed by atoms with Crippen molar-refractivity contribution < 1.29 is 14.3 Å². The number of amides is 1. The van der Waals surface area contributed by atoms with E-state index in [1.54, 1.807) is 30.8 Å². The van der Waals surface area contributed by atoms with Crippen molar-refractivity contribution in [2.45, 2.75) is 44.2 Å². The molecular formula is C17H21N3O3S. The van der Waals surface area contributed by atoms with Gasteiger partial charge in [-0.05, 0) is 48.1 Å². The Bertz CT molecular complexity index is 655. The summed E-state index contributed by atoms with van der Waals surface area (Å²) >= 11 is 1.61. The van der Waals surface area contributed by atoms with E-state index in [4.69, 9.17) is 9.47 Å². The second-order valence-electron chi connectivity index (χ2n) is 5.87. The zero-order chi connectivity index (χ0) is 16.8. The number of thiophene rings is 1. The van der Waals surface area contributed by atoms with Crippen LogP contribution < -0.4 is 14.8 Å². The molecule has 0 saturated heterocycles. The van der Waals surface area contributed by atoms with Crippen molar-refractivity contribution in [2.24, 2.45) is 0 Å². The molecule has 1 amide bonds. The summed E-state index contributed by atoms with van der Waals surface area (Å²) in [5, 5.41) is 7.13. The molecule has 0 unspecified atom stereocenters. The van der Waals surface area contributed by atoms with E-state index in [1.165, 1.54) is 0 Å². The lowest BCUT2D eigenvalue weighted by molar-refractivity contribution is -0.121. The smallest absolute Gasteiger partial charge is 0.235 e. The van der Waals surface area contributed by atoms with Gasteiger partial charge in [0, 0.05) is 6.04 Å². The summed E-state index contributed by atoms with van der Waals surface area (Å²) in [5.74, 6) is 1.03. The first-order valence-electron chi connectivity index (χ1n) is 8.06. The number of nitrogens with one attached hydrogen (secondary N) is 1. The second kappa shape index (κ2) is 8.10. The Morgan fingerprint density at radius 3 is 2.79 bits per heavy atom. The van der Waals surface area contributed by atoms with Gasteiger partial charge in [0.15, 0.2) is 0 Å². The van der Waals surface area contributed by atoms with E-state index in [0.29, 0.717) is 18.2 Å². The van der Waals surface area contributed by atoms with Crippen LogP contribution >= 0.6 is 11.3 Å². The molecule has 2 heterocycles. The van der Waals surface area contributed by atoms with E-state index in [-0.39, 0.29) is 18.1 Å². The second-order valence-corrected chi connectivity index (χ2v) is 6.65. The maximum Gasteiger partial charge on any atom is 0.235 e.